The molecule has 0 bridgehead atoms. The van der Waals surface area contributed by atoms with E-state index >= 15 is 0 Å². The first-order valence-corrected chi connectivity index (χ1v) is 6.95. The highest BCUT2D eigenvalue weighted by Crippen LogP contribution is 2.21. The first-order valence-electron chi connectivity index (χ1n) is 5.06. The van der Waals surface area contributed by atoms with Crippen molar-refractivity contribution in [1.82, 2.24) is 10.0 Å². The van der Waals surface area contributed by atoms with Gasteiger partial charge in [-0.2, -0.15) is 0 Å². The molecule has 1 heterocycles. The van der Waals surface area contributed by atoms with Crippen molar-refractivity contribution in [1.29, 1.82) is 0 Å². The van der Waals surface area contributed by atoms with E-state index < -0.39 is 10.0 Å². The van der Waals surface area contributed by atoms with Crippen LogP contribution >= 0.6 is 0 Å². The Labute approximate surface area is 86.5 Å². The van der Waals surface area contributed by atoms with Crippen LogP contribution in [0.4, 0.5) is 0 Å². The van der Waals surface area contributed by atoms with Gasteiger partial charge >= 0.3 is 0 Å². The Balaban J connectivity index is 2.30. The fourth-order valence-electron chi connectivity index (χ4n) is 1.77. The molecule has 0 amide bonds. The molecule has 1 aliphatic rings. The third-order valence-corrected chi connectivity index (χ3v) is 3.48. The second-order valence-corrected chi connectivity index (χ2v) is 6.30. The van der Waals surface area contributed by atoms with Crippen molar-refractivity contribution in [3.63, 3.8) is 0 Å². The summed E-state index contributed by atoms with van der Waals surface area (Å²) in [5, 5.41) is 3.33. The highest BCUT2D eigenvalue weighted by atomic mass is 32.2. The van der Waals surface area contributed by atoms with Crippen molar-refractivity contribution in [2.75, 3.05) is 19.3 Å². The van der Waals surface area contributed by atoms with Crippen molar-refractivity contribution in [3.8, 4) is 0 Å². The maximum absolute atomic E-state index is 10.9. The minimum atomic E-state index is -3.04. The van der Waals surface area contributed by atoms with Crippen LogP contribution in [-0.4, -0.2) is 33.8 Å². The number of rotatable bonds is 4. The van der Waals surface area contributed by atoms with Crippen LogP contribution in [0.2, 0.25) is 0 Å². The van der Waals surface area contributed by atoms with Crippen LogP contribution in [-0.2, 0) is 10.0 Å². The molecule has 0 unspecified atom stereocenters. The first-order chi connectivity index (χ1) is 6.38. The van der Waals surface area contributed by atoms with Crippen LogP contribution in [0, 0.1) is 11.8 Å². The van der Waals surface area contributed by atoms with Gasteiger partial charge in [0.05, 0.1) is 6.26 Å². The maximum atomic E-state index is 10.9. The van der Waals surface area contributed by atoms with Gasteiger partial charge in [0, 0.05) is 12.6 Å². The van der Waals surface area contributed by atoms with Crippen LogP contribution in [0.1, 0.15) is 20.3 Å². The molecule has 0 spiro atoms. The van der Waals surface area contributed by atoms with Crippen LogP contribution < -0.4 is 10.0 Å². The van der Waals surface area contributed by atoms with Crippen molar-refractivity contribution in [2.24, 2.45) is 11.8 Å². The van der Waals surface area contributed by atoms with E-state index in [1.165, 1.54) is 6.26 Å². The Morgan fingerprint density at radius 1 is 1.50 bits per heavy atom. The fourth-order valence-corrected chi connectivity index (χ4v) is 2.27. The quantitative estimate of drug-likeness (QED) is 0.710. The van der Waals surface area contributed by atoms with E-state index in [1.807, 2.05) is 0 Å². The summed E-state index contributed by atoms with van der Waals surface area (Å²) in [7, 11) is -3.04. The zero-order valence-corrected chi connectivity index (χ0v) is 9.89. The van der Waals surface area contributed by atoms with Gasteiger partial charge < -0.3 is 5.32 Å². The third-order valence-electron chi connectivity index (χ3n) is 2.79. The summed E-state index contributed by atoms with van der Waals surface area (Å²) < 4.78 is 24.3. The minimum absolute atomic E-state index is 0.303. The van der Waals surface area contributed by atoms with Crippen molar-refractivity contribution in [2.45, 2.75) is 26.3 Å². The van der Waals surface area contributed by atoms with Crippen molar-refractivity contribution in [3.05, 3.63) is 0 Å². The monoisotopic (exact) mass is 220 g/mol. The van der Waals surface area contributed by atoms with Gasteiger partial charge in [-0.15, -0.1) is 0 Å². The molecule has 0 aromatic carbocycles. The molecule has 0 aliphatic carbocycles. The lowest BCUT2D eigenvalue weighted by Gasteiger charge is -2.13. The minimum Gasteiger partial charge on any atom is -0.312 e. The smallest absolute Gasteiger partial charge is 0.208 e. The summed E-state index contributed by atoms with van der Waals surface area (Å²) >= 11 is 0. The Morgan fingerprint density at radius 3 is 2.57 bits per heavy atom. The molecule has 1 fully saturated rings. The molecule has 4 nitrogen and oxygen atoms in total. The van der Waals surface area contributed by atoms with E-state index in [9.17, 15) is 8.42 Å². The van der Waals surface area contributed by atoms with Gasteiger partial charge in [-0.05, 0) is 24.8 Å². The third kappa shape index (κ3) is 3.94. The van der Waals surface area contributed by atoms with Crippen LogP contribution in [0.5, 0.6) is 0 Å². The Hall–Kier alpha value is -0.130. The standard InChI is InChI=1S/C9H20N2O2S/c1-7(2)8-4-9(10-5-8)6-11-14(3,12)13/h7-11H,4-6H2,1-3H3/t8-,9-/m0/s1. The number of sulfonamides is 1. The topological polar surface area (TPSA) is 58.2 Å². The fraction of sp³-hybridized carbons (Fsp3) is 1.00. The molecule has 0 aromatic heterocycles. The molecule has 1 rings (SSSR count). The average Bonchev–Trinajstić information content (AvgIpc) is 2.47. The van der Waals surface area contributed by atoms with Gasteiger partial charge in [-0.25, -0.2) is 13.1 Å². The van der Waals surface area contributed by atoms with E-state index in [0.717, 1.165) is 13.0 Å². The lowest BCUT2D eigenvalue weighted by atomic mass is 9.93. The molecule has 1 aliphatic heterocycles. The first kappa shape index (κ1) is 11.9. The van der Waals surface area contributed by atoms with Gasteiger partial charge in [0.15, 0.2) is 0 Å². The summed E-state index contributed by atoms with van der Waals surface area (Å²) in [6.07, 6.45) is 2.27. The van der Waals surface area contributed by atoms with E-state index in [0.29, 0.717) is 24.4 Å². The van der Waals surface area contributed by atoms with E-state index in [-0.39, 0.29) is 0 Å². The number of nitrogens with one attached hydrogen (secondary N) is 2. The Morgan fingerprint density at radius 2 is 2.14 bits per heavy atom. The summed E-state index contributed by atoms with van der Waals surface area (Å²) in [6.45, 7) is 5.94. The largest absolute Gasteiger partial charge is 0.312 e. The molecular formula is C9H20N2O2S. The lowest BCUT2D eigenvalue weighted by molar-refractivity contribution is 0.409. The second kappa shape index (κ2) is 4.59. The van der Waals surface area contributed by atoms with Crippen LogP contribution in [0.3, 0.4) is 0 Å². The molecule has 14 heavy (non-hydrogen) atoms. The van der Waals surface area contributed by atoms with E-state index in [4.69, 9.17) is 0 Å². The molecule has 84 valence electrons. The Bertz CT molecular complexity index is 275. The molecule has 2 atom stereocenters. The predicted molar refractivity (Wildman–Crippen MR) is 57.6 cm³/mol. The van der Waals surface area contributed by atoms with Gasteiger partial charge in [0.2, 0.25) is 10.0 Å². The summed E-state index contributed by atoms with van der Waals surface area (Å²) in [4.78, 5) is 0. The predicted octanol–water partition coefficient (Wildman–Crippen LogP) is 0.170. The SMILES string of the molecule is CC(C)[C@@H]1CN[C@H](CNS(C)(=O)=O)C1. The van der Waals surface area contributed by atoms with Gasteiger partial charge in [-0.1, -0.05) is 13.8 Å². The lowest BCUT2D eigenvalue weighted by Crippen LogP contribution is -2.36. The average molecular weight is 220 g/mol. The zero-order valence-electron chi connectivity index (χ0n) is 9.08. The normalized spacial score (nSPS) is 28.6. The van der Waals surface area contributed by atoms with Crippen LogP contribution in [0.15, 0.2) is 0 Å². The molecule has 0 radical (unpaired) electrons. The van der Waals surface area contributed by atoms with Crippen molar-refractivity contribution < 1.29 is 8.42 Å². The second-order valence-electron chi connectivity index (χ2n) is 4.47. The zero-order chi connectivity index (χ0) is 10.8. The highest BCUT2D eigenvalue weighted by Gasteiger charge is 2.26. The van der Waals surface area contributed by atoms with Gasteiger partial charge in [-0.3, -0.25) is 0 Å². The van der Waals surface area contributed by atoms with E-state index in [1.54, 1.807) is 0 Å². The molecule has 0 saturated carbocycles. The molecule has 0 aromatic rings. The molecular weight excluding hydrogens is 200 g/mol. The number of hydrogen-bond acceptors (Lipinski definition) is 3. The van der Waals surface area contributed by atoms with Crippen LogP contribution in [0.25, 0.3) is 0 Å². The Kier molecular flexibility index (Phi) is 3.92. The summed E-state index contributed by atoms with van der Waals surface area (Å²) in [5.74, 6) is 1.35. The molecule has 5 heteroatoms. The molecule has 1 saturated heterocycles. The van der Waals surface area contributed by atoms with Crippen molar-refractivity contribution >= 4 is 10.0 Å². The highest BCUT2D eigenvalue weighted by molar-refractivity contribution is 7.88. The number of hydrogen-bond donors (Lipinski definition) is 2. The maximum Gasteiger partial charge on any atom is 0.208 e. The summed E-state index contributed by atoms with van der Waals surface area (Å²) in [5.41, 5.74) is 0. The van der Waals surface area contributed by atoms with Gasteiger partial charge in [0.25, 0.3) is 0 Å². The molecule has 2 N–H and O–H groups in total. The van der Waals surface area contributed by atoms with E-state index in [2.05, 4.69) is 23.9 Å². The summed E-state index contributed by atoms with van der Waals surface area (Å²) in [6, 6.07) is 0.303. The van der Waals surface area contributed by atoms with Gasteiger partial charge in [0.1, 0.15) is 0 Å².